The van der Waals surface area contributed by atoms with E-state index in [-0.39, 0.29) is 12.3 Å². The average Bonchev–Trinajstić information content (AvgIpc) is 2.96. The van der Waals surface area contributed by atoms with Gasteiger partial charge in [0, 0.05) is 33.1 Å². The molecular weight excluding hydrogens is 352 g/mol. The average molecular weight is 378 g/mol. The Morgan fingerprint density at radius 2 is 1.64 bits per heavy atom. The SMILES string of the molecule is CN1C(=O)C[C@H](C(=O)O)C12CCN(Cc1ccc(-c3ccccc3)cc1)CC2. The molecule has 2 saturated heterocycles. The van der Waals surface area contributed by atoms with Crippen LogP contribution in [0.4, 0.5) is 0 Å². The van der Waals surface area contributed by atoms with Crippen LogP contribution in [0.1, 0.15) is 24.8 Å². The van der Waals surface area contributed by atoms with Gasteiger partial charge in [-0.25, -0.2) is 0 Å². The number of hydrogen-bond donors (Lipinski definition) is 1. The Kier molecular flexibility index (Phi) is 4.94. The molecule has 5 heteroatoms. The number of benzene rings is 2. The molecule has 2 heterocycles. The molecule has 2 aliphatic heterocycles. The molecule has 1 amide bonds. The molecule has 2 aromatic carbocycles. The second-order valence-electron chi connectivity index (χ2n) is 7.99. The highest BCUT2D eigenvalue weighted by molar-refractivity contribution is 5.88. The Morgan fingerprint density at radius 1 is 1.04 bits per heavy atom. The quantitative estimate of drug-likeness (QED) is 0.887. The number of carboxylic acids is 1. The number of aliphatic carboxylic acids is 1. The smallest absolute Gasteiger partial charge is 0.309 e. The summed E-state index contributed by atoms with van der Waals surface area (Å²) in [6.45, 7) is 2.46. The first-order valence-corrected chi connectivity index (χ1v) is 9.86. The van der Waals surface area contributed by atoms with Crippen molar-refractivity contribution in [2.24, 2.45) is 5.92 Å². The maximum atomic E-state index is 12.1. The highest BCUT2D eigenvalue weighted by Crippen LogP contribution is 2.43. The Morgan fingerprint density at radius 3 is 2.25 bits per heavy atom. The molecule has 0 bridgehead atoms. The first-order chi connectivity index (χ1) is 13.5. The van der Waals surface area contributed by atoms with E-state index in [2.05, 4.69) is 41.3 Å². The molecule has 1 N–H and O–H groups in total. The summed E-state index contributed by atoms with van der Waals surface area (Å²) in [6.07, 6.45) is 1.56. The van der Waals surface area contributed by atoms with Crippen molar-refractivity contribution in [2.45, 2.75) is 31.3 Å². The first-order valence-electron chi connectivity index (χ1n) is 9.86. The van der Waals surface area contributed by atoms with Crippen molar-refractivity contribution in [3.63, 3.8) is 0 Å². The number of likely N-dealkylation sites (tertiary alicyclic amines) is 2. The highest BCUT2D eigenvalue weighted by atomic mass is 16.4. The fourth-order valence-corrected chi connectivity index (χ4v) is 4.77. The molecule has 1 atom stereocenters. The van der Waals surface area contributed by atoms with Crippen molar-refractivity contribution in [1.29, 1.82) is 0 Å². The Bertz CT molecular complexity index is 855. The maximum absolute atomic E-state index is 12.1. The van der Waals surface area contributed by atoms with Gasteiger partial charge >= 0.3 is 5.97 Å². The largest absolute Gasteiger partial charge is 0.481 e. The first kappa shape index (κ1) is 18.7. The van der Waals surface area contributed by atoms with Gasteiger partial charge in [-0.3, -0.25) is 14.5 Å². The lowest BCUT2D eigenvalue weighted by molar-refractivity contribution is -0.146. The van der Waals surface area contributed by atoms with E-state index in [0.717, 1.165) is 19.6 Å². The van der Waals surface area contributed by atoms with Crippen molar-refractivity contribution in [3.8, 4) is 11.1 Å². The standard InChI is InChI=1S/C23H26N2O3/c1-24-21(26)15-20(22(27)28)23(24)11-13-25(14-12-23)16-17-7-9-19(10-8-17)18-5-3-2-4-6-18/h2-10,20H,11-16H2,1H3,(H,27,28)/t20-/m1/s1. The van der Waals surface area contributed by atoms with Crippen LogP contribution in [-0.2, 0) is 16.1 Å². The summed E-state index contributed by atoms with van der Waals surface area (Å²) in [7, 11) is 1.77. The third-order valence-electron chi connectivity index (χ3n) is 6.56. The molecule has 5 nitrogen and oxygen atoms in total. The van der Waals surface area contributed by atoms with E-state index < -0.39 is 17.4 Å². The summed E-state index contributed by atoms with van der Waals surface area (Å²) in [6, 6.07) is 19.0. The lowest BCUT2D eigenvalue weighted by Gasteiger charge is -2.45. The molecule has 0 aromatic heterocycles. The van der Waals surface area contributed by atoms with Crippen molar-refractivity contribution in [1.82, 2.24) is 9.80 Å². The van der Waals surface area contributed by atoms with Crippen LogP contribution < -0.4 is 0 Å². The molecule has 2 fully saturated rings. The summed E-state index contributed by atoms with van der Waals surface area (Å²) in [5, 5.41) is 9.59. The van der Waals surface area contributed by atoms with E-state index in [4.69, 9.17) is 0 Å². The van der Waals surface area contributed by atoms with Crippen LogP contribution in [0.15, 0.2) is 54.6 Å². The van der Waals surface area contributed by atoms with Crippen molar-refractivity contribution < 1.29 is 14.7 Å². The minimum Gasteiger partial charge on any atom is -0.481 e. The van der Waals surface area contributed by atoms with E-state index in [9.17, 15) is 14.7 Å². The summed E-state index contributed by atoms with van der Waals surface area (Å²) in [4.78, 5) is 27.9. The topological polar surface area (TPSA) is 60.9 Å². The molecule has 2 aromatic rings. The van der Waals surface area contributed by atoms with Crippen LogP contribution >= 0.6 is 0 Å². The number of hydrogen-bond acceptors (Lipinski definition) is 3. The zero-order chi connectivity index (χ0) is 19.7. The van der Waals surface area contributed by atoms with Gasteiger partial charge in [0.25, 0.3) is 0 Å². The maximum Gasteiger partial charge on any atom is 0.309 e. The molecule has 28 heavy (non-hydrogen) atoms. The predicted octanol–water partition coefficient (Wildman–Crippen LogP) is 3.25. The molecule has 0 saturated carbocycles. The zero-order valence-electron chi connectivity index (χ0n) is 16.2. The van der Waals surface area contributed by atoms with Crippen LogP contribution in [0.25, 0.3) is 11.1 Å². The van der Waals surface area contributed by atoms with Crippen molar-refractivity contribution in [3.05, 3.63) is 60.2 Å². The molecule has 146 valence electrons. The van der Waals surface area contributed by atoms with E-state index in [0.29, 0.717) is 12.8 Å². The van der Waals surface area contributed by atoms with Gasteiger partial charge in [0.05, 0.1) is 11.5 Å². The summed E-state index contributed by atoms with van der Waals surface area (Å²) in [5.41, 5.74) is 3.15. The number of amides is 1. The van der Waals surface area contributed by atoms with Crippen molar-refractivity contribution in [2.75, 3.05) is 20.1 Å². The Hall–Kier alpha value is -2.66. The van der Waals surface area contributed by atoms with Crippen LogP contribution in [-0.4, -0.2) is 52.5 Å². The lowest BCUT2D eigenvalue weighted by Crippen LogP contribution is -2.55. The summed E-state index contributed by atoms with van der Waals surface area (Å²) in [5.74, 6) is -1.47. The van der Waals surface area contributed by atoms with Crippen LogP contribution in [0, 0.1) is 5.92 Å². The van der Waals surface area contributed by atoms with Gasteiger partial charge < -0.3 is 10.0 Å². The minimum atomic E-state index is -0.845. The highest BCUT2D eigenvalue weighted by Gasteiger charge is 2.55. The van der Waals surface area contributed by atoms with Crippen molar-refractivity contribution >= 4 is 11.9 Å². The Labute approximate surface area is 165 Å². The van der Waals surface area contributed by atoms with E-state index >= 15 is 0 Å². The summed E-state index contributed by atoms with van der Waals surface area (Å²) >= 11 is 0. The number of carboxylic acid groups (broad SMARTS) is 1. The van der Waals surface area contributed by atoms with Crippen LogP contribution in [0.5, 0.6) is 0 Å². The van der Waals surface area contributed by atoms with Crippen LogP contribution in [0.3, 0.4) is 0 Å². The molecule has 1 spiro atoms. The van der Waals surface area contributed by atoms with E-state index in [1.807, 2.05) is 18.2 Å². The fraction of sp³-hybridized carbons (Fsp3) is 0.391. The van der Waals surface area contributed by atoms with Gasteiger partial charge in [0.2, 0.25) is 5.91 Å². The van der Waals surface area contributed by atoms with Gasteiger partial charge in [0.1, 0.15) is 0 Å². The third-order valence-corrected chi connectivity index (χ3v) is 6.56. The number of piperidine rings is 1. The fourth-order valence-electron chi connectivity index (χ4n) is 4.77. The number of carbonyl (C=O) groups is 2. The number of nitrogens with zero attached hydrogens (tertiary/aromatic N) is 2. The molecule has 0 radical (unpaired) electrons. The number of rotatable bonds is 4. The van der Waals surface area contributed by atoms with Crippen LogP contribution in [0.2, 0.25) is 0 Å². The Balaban J connectivity index is 1.41. The van der Waals surface area contributed by atoms with Gasteiger partial charge in [-0.15, -0.1) is 0 Å². The molecule has 0 unspecified atom stereocenters. The molecule has 4 rings (SSSR count). The molecule has 0 aliphatic carbocycles. The second kappa shape index (κ2) is 7.40. The van der Waals surface area contributed by atoms with E-state index in [1.54, 1.807) is 11.9 Å². The molecular formula is C23H26N2O3. The zero-order valence-corrected chi connectivity index (χ0v) is 16.2. The minimum absolute atomic E-state index is 0.0441. The van der Waals surface area contributed by atoms with Gasteiger partial charge in [0.15, 0.2) is 0 Å². The molecule has 2 aliphatic rings. The van der Waals surface area contributed by atoms with Gasteiger partial charge in [-0.2, -0.15) is 0 Å². The second-order valence-corrected chi connectivity index (χ2v) is 7.99. The van der Waals surface area contributed by atoms with Gasteiger partial charge in [-0.1, -0.05) is 54.6 Å². The lowest BCUT2D eigenvalue weighted by atomic mass is 9.77. The normalized spacial score (nSPS) is 22.0. The third kappa shape index (κ3) is 3.31. The summed E-state index contributed by atoms with van der Waals surface area (Å²) < 4.78 is 0. The monoisotopic (exact) mass is 378 g/mol. The predicted molar refractivity (Wildman–Crippen MR) is 108 cm³/mol. The van der Waals surface area contributed by atoms with E-state index in [1.165, 1.54) is 16.7 Å². The van der Waals surface area contributed by atoms with Gasteiger partial charge in [-0.05, 0) is 29.5 Å². The number of carbonyl (C=O) groups excluding carboxylic acids is 1.